The number of amides is 2. The summed E-state index contributed by atoms with van der Waals surface area (Å²) in [4.78, 5) is 24.9. The number of carbonyl (C=O) groups excluding carboxylic acids is 2. The first kappa shape index (κ1) is 12.8. The van der Waals surface area contributed by atoms with Gasteiger partial charge in [0.15, 0.2) is 11.5 Å². The van der Waals surface area contributed by atoms with E-state index in [1.54, 1.807) is 4.90 Å². The van der Waals surface area contributed by atoms with E-state index in [-0.39, 0.29) is 24.5 Å². The van der Waals surface area contributed by atoms with Gasteiger partial charge in [0, 0.05) is 25.1 Å². The summed E-state index contributed by atoms with van der Waals surface area (Å²) >= 11 is 0. The molecule has 1 atom stereocenters. The van der Waals surface area contributed by atoms with Crippen LogP contribution in [0.25, 0.3) is 0 Å². The Labute approximate surface area is 116 Å². The molecular weight excluding hydrogens is 260 g/mol. The molecule has 106 valence electrons. The Balaban J connectivity index is 1.78. The lowest BCUT2D eigenvalue weighted by Gasteiger charge is -2.31. The summed E-state index contributed by atoms with van der Waals surface area (Å²) in [5, 5.41) is 0. The molecule has 1 fully saturated rings. The van der Waals surface area contributed by atoms with Crippen molar-refractivity contribution >= 4 is 11.8 Å². The van der Waals surface area contributed by atoms with Crippen LogP contribution in [-0.2, 0) is 16.1 Å². The van der Waals surface area contributed by atoms with Crippen LogP contribution in [0.15, 0.2) is 18.2 Å². The fraction of sp³-hybridized carbons (Fsp3) is 0.429. The summed E-state index contributed by atoms with van der Waals surface area (Å²) in [5.41, 5.74) is 6.22. The number of carbonyl (C=O) groups is 2. The summed E-state index contributed by atoms with van der Waals surface area (Å²) in [6.45, 7) is 0.984. The first-order chi connectivity index (χ1) is 9.65. The molecule has 20 heavy (non-hydrogen) atoms. The van der Waals surface area contributed by atoms with Gasteiger partial charge in [0.05, 0.1) is 5.92 Å². The quantitative estimate of drug-likeness (QED) is 0.878. The van der Waals surface area contributed by atoms with Crippen molar-refractivity contribution in [3.05, 3.63) is 23.8 Å². The monoisotopic (exact) mass is 276 g/mol. The number of rotatable bonds is 3. The second-order valence-corrected chi connectivity index (χ2v) is 5.06. The van der Waals surface area contributed by atoms with Crippen LogP contribution in [0.3, 0.4) is 0 Å². The summed E-state index contributed by atoms with van der Waals surface area (Å²) in [6, 6.07) is 5.59. The lowest BCUT2D eigenvalue weighted by atomic mass is 9.96. The van der Waals surface area contributed by atoms with Crippen LogP contribution in [0.2, 0.25) is 0 Å². The molecule has 2 heterocycles. The number of hydrogen-bond acceptors (Lipinski definition) is 4. The second kappa shape index (κ2) is 5.03. The minimum absolute atomic E-state index is 0.0408. The van der Waals surface area contributed by atoms with Crippen molar-refractivity contribution in [2.24, 2.45) is 11.7 Å². The Morgan fingerprint density at radius 1 is 1.40 bits per heavy atom. The van der Waals surface area contributed by atoms with Crippen molar-refractivity contribution in [1.29, 1.82) is 0 Å². The van der Waals surface area contributed by atoms with Gasteiger partial charge in [0.25, 0.3) is 0 Å². The number of piperidine rings is 1. The Morgan fingerprint density at radius 3 is 3.05 bits per heavy atom. The third-order valence-corrected chi connectivity index (χ3v) is 3.74. The van der Waals surface area contributed by atoms with Gasteiger partial charge in [-0.3, -0.25) is 9.59 Å². The van der Waals surface area contributed by atoms with Gasteiger partial charge < -0.3 is 20.1 Å². The molecule has 1 aromatic carbocycles. The van der Waals surface area contributed by atoms with Crippen LogP contribution in [-0.4, -0.2) is 30.1 Å². The summed E-state index contributed by atoms with van der Waals surface area (Å²) in [5.74, 6) is 0.806. The second-order valence-electron chi connectivity index (χ2n) is 5.06. The van der Waals surface area contributed by atoms with Crippen LogP contribution in [0.4, 0.5) is 0 Å². The van der Waals surface area contributed by atoms with Crippen LogP contribution in [0.1, 0.15) is 18.4 Å². The molecule has 0 unspecified atom stereocenters. The Morgan fingerprint density at radius 2 is 2.25 bits per heavy atom. The molecule has 1 saturated heterocycles. The van der Waals surface area contributed by atoms with Gasteiger partial charge in [-0.15, -0.1) is 0 Å². The molecule has 3 rings (SSSR count). The lowest BCUT2D eigenvalue weighted by molar-refractivity contribution is -0.138. The zero-order valence-electron chi connectivity index (χ0n) is 11.0. The van der Waals surface area contributed by atoms with E-state index < -0.39 is 0 Å². The number of nitrogens with zero attached hydrogens (tertiary/aromatic N) is 1. The molecule has 0 aromatic heterocycles. The molecule has 2 aliphatic rings. The SMILES string of the molecule is NC(=O)[C@H]1CCC(=O)N(Cc2cccc3c2OCO3)C1. The normalized spacial score (nSPS) is 21.1. The predicted molar refractivity (Wildman–Crippen MR) is 69.9 cm³/mol. The smallest absolute Gasteiger partial charge is 0.231 e. The van der Waals surface area contributed by atoms with Gasteiger partial charge in [-0.1, -0.05) is 12.1 Å². The number of fused-ring (bicyclic) bond motifs is 1. The largest absolute Gasteiger partial charge is 0.454 e. The average Bonchev–Trinajstić information content (AvgIpc) is 2.90. The molecule has 2 amide bonds. The molecule has 0 spiro atoms. The van der Waals surface area contributed by atoms with Crippen molar-refractivity contribution in [3.63, 3.8) is 0 Å². The van der Waals surface area contributed by atoms with Crippen LogP contribution < -0.4 is 15.2 Å². The Hall–Kier alpha value is -2.24. The average molecular weight is 276 g/mol. The Bertz CT molecular complexity index is 558. The minimum atomic E-state index is -0.347. The van der Waals surface area contributed by atoms with Gasteiger partial charge in [-0.05, 0) is 12.5 Å². The Kier molecular flexibility index (Phi) is 3.22. The van der Waals surface area contributed by atoms with Crippen LogP contribution >= 0.6 is 0 Å². The molecule has 0 saturated carbocycles. The van der Waals surface area contributed by atoms with Gasteiger partial charge in [0.2, 0.25) is 18.6 Å². The van der Waals surface area contributed by atoms with E-state index in [0.29, 0.717) is 37.4 Å². The van der Waals surface area contributed by atoms with E-state index in [1.165, 1.54) is 0 Å². The van der Waals surface area contributed by atoms with Gasteiger partial charge in [-0.2, -0.15) is 0 Å². The van der Waals surface area contributed by atoms with E-state index in [2.05, 4.69) is 0 Å². The number of ether oxygens (including phenoxy) is 2. The standard InChI is InChI=1S/C14H16N2O4/c15-14(18)10-4-5-12(17)16(7-10)6-9-2-1-3-11-13(9)20-8-19-11/h1-3,10H,4-8H2,(H2,15,18)/t10-/m0/s1. The van der Waals surface area contributed by atoms with Crippen molar-refractivity contribution < 1.29 is 19.1 Å². The molecular formula is C14H16N2O4. The zero-order chi connectivity index (χ0) is 14.1. The highest BCUT2D eigenvalue weighted by Crippen LogP contribution is 2.36. The minimum Gasteiger partial charge on any atom is -0.454 e. The van der Waals surface area contributed by atoms with Crippen molar-refractivity contribution in [2.45, 2.75) is 19.4 Å². The molecule has 1 aromatic rings. The van der Waals surface area contributed by atoms with Gasteiger partial charge in [-0.25, -0.2) is 0 Å². The maximum Gasteiger partial charge on any atom is 0.231 e. The van der Waals surface area contributed by atoms with Crippen molar-refractivity contribution in [2.75, 3.05) is 13.3 Å². The third kappa shape index (κ3) is 2.29. The fourth-order valence-electron chi connectivity index (χ4n) is 2.62. The number of benzene rings is 1. The van der Waals surface area contributed by atoms with E-state index in [1.807, 2.05) is 18.2 Å². The summed E-state index contributed by atoms with van der Waals surface area (Å²) in [6.07, 6.45) is 0.900. The van der Waals surface area contributed by atoms with Crippen molar-refractivity contribution in [1.82, 2.24) is 4.90 Å². The maximum absolute atomic E-state index is 12.0. The van der Waals surface area contributed by atoms with Gasteiger partial charge >= 0.3 is 0 Å². The van der Waals surface area contributed by atoms with E-state index in [9.17, 15) is 9.59 Å². The molecule has 0 bridgehead atoms. The third-order valence-electron chi connectivity index (χ3n) is 3.74. The van der Waals surface area contributed by atoms with Crippen molar-refractivity contribution in [3.8, 4) is 11.5 Å². The van der Waals surface area contributed by atoms with Crippen LogP contribution in [0.5, 0.6) is 11.5 Å². The molecule has 0 radical (unpaired) electrons. The maximum atomic E-state index is 12.0. The zero-order valence-corrected chi connectivity index (χ0v) is 11.0. The summed E-state index contributed by atoms with van der Waals surface area (Å²) in [7, 11) is 0. The molecule has 0 aliphatic carbocycles. The number of nitrogens with two attached hydrogens (primary N) is 1. The number of likely N-dealkylation sites (tertiary alicyclic amines) is 1. The highest BCUT2D eigenvalue weighted by molar-refractivity contribution is 5.82. The first-order valence-corrected chi connectivity index (χ1v) is 6.59. The van der Waals surface area contributed by atoms with E-state index in [0.717, 1.165) is 5.56 Å². The highest BCUT2D eigenvalue weighted by Gasteiger charge is 2.30. The lowest BCUT2D eigenvalue weighted by Crippen LogP contribution is -2.43. The summed E-state index contributed by atoms with van der Waals surface area (Å²) < 4.78 is 10.7. The fourth-order valence-corrected chi connectivity index (χ4v) is 2.62. The molecule has 2 aliphatic heterocycles. The topological polar surface area (TPSA) is 81.9 Å². The number of hydrogen-bond donors (Lipinski definition) is 1. The number of primary amides is 1. The highest BCUT2D eigenvalue weighted by atomic mass is 16.7. The van der Waals surface area contributed by atoms with E-state index >= 15 is 0 Å². The number of para-hydroxylation sites is 1. The molecule has 6 nitrogen and oxygen atoms in total. The molecule has 2 N–H and O–H groups in total. The predicted octanol–water partition coefficient (Wildman–Crippen LogP) is 0.639. The first-order valence-electron chi connectivity index (χ1n) is 6.59. The van der Waals surface area contributed by atoms with E-state index in [4.69, 9.17) is 15.2 Å². The molecule has 6 heteroatoms. The van der Waals surface area contributed by atoms with Gasteiger partial charge in [0.1, 0.15) is 0 Å². The van der Waals surface area contributed by atoms with Crippen LogP contribution in [0, 0.1) is 5.92 Å².